The molecule has 8 nitrogen and oxygen atoms in total. The van der Waals surface area contributed by atoms with Gasteiger partial charge >= 0.3 is 0 Å². The zero-order valence-corrected chi connectivity index (χ0v) is 24.8. The van der Waals surface area contributed by atoms with Gasteiger partial charge in [0.1, 0.15) is 23.9 Å². The van der Waals surface area contributed by atoms with Crippen LogP contribution in [0, 0.1) is 12.5 Å². The zero-order valence-electron chi connectivity index (χ0n) is 24.8. The van der Waals surface area contributed by atoms with Crippen molar-refractivity contribution in [2.24, 2.45) is 5.92 Å². The average Bonchev–Trinajstić information content (AvgIpc) is 3.06. The number of phenols is 1. The van der Waals surface area contributed by atoms with E-state index in [1.165, 1.54) is 6.42 Å². The maximum atomic E-state index is 14.6. The van der Waals surface area contributed by atoms with E-state index in [0.717, 1.165) is 42.4 Å². The van der Waals surface area contributed by atoms with Crippen LogP contribution in [0.3, 0.4) is 0 Å². The lowest BCUT2D eigenvalue weighted by molar-refractivity contribution is -0.169. The van der Waals surface area contributed by atoms with Crippen molar-refractivity contribution in [1.29, 1.82) is 0 Å². The number of piperazine rings is 1. The molecule has 3 aliphatic rings. The fraction of sp³-hybridized carbons (Fsp3) is 0.389. The number of nitrogens with one attached hydrogen (secondary N) is 1. The lowest BCUT2D eigenvalue weighted by atomic mass is 9.81. The number of rotatable bonds is 8. The van der Waals surface area contributed by atoms with E-state index in [4.69, 9.17) is 6.57 Å². The van der Waals surface area contributed by atoms with Gasteiger partial charge in [-0.15, -0.1) is 0 Å². The predicted octanol–water partition coefficient (Wildman–Crippen LogP) is 5.48. The van der Waals surface area contributed by atoms with Gasteiger partial charge in [0.2, 0.25) is 17.7 Å². The Morgan fingerprint density at radius 3 is 2.34 bits per heavy atom. The predicted molar refractivity (Wildman–Crippen MR) is 167 cm³/mol. The Morgan fingerprint density at radius 2 is 1.64 bits per heavy atom. The summed E-state index contributed by atoms with van der Waals surface area (Å²) < 4.78 is 0. The Bertz CT molecular complexity index is 1560. The van der Waals surface area contributed by atoms with Crippen molar-refractivity contribution in [1.82, 2.24) is 15.1 Å². The summed E-state index contributed by atoms with van der Waals surface area (Å²) in [6, 6.07) is 19.2. The Balaban J connectivity index is 1.35. The van der Waals surface area contributed by atoms with Gasteiger partial charge in [-0.3, -0.25) is 14.4 Å². The van der Waals surface area contributed by atoms with Crippen LogP contribution in [0.2, 0.25) is 0 Å². The Hall–Kier alpha value is -4.64. The van der Waals surface area contributed by atoms with Crippen molar-refractivity contribution < 1.29 is 19.5 Å². The second-order valence-electron chi connectivity index (χ2n) is 12.3. The van der Waals surface area contributed by atoms with Crippen LogP contribution in [0.15, 0.2) is 72.8 Å². The molecule has 8 heteroatoms. The Labute approximate surface area is 258 Å². The van der Waals surface area contributed by atoms with Crippen LogP contribution < -0.4 is 5.32 Å². The number of phenolic OH excluding ortho intramolecular Hbond substituents is 1. The molecule has 3 atom stereocenters. The van der Waals surface area contributed by atoms with Crippen LogP contribution in [0.4, 0.5) is 5.69 Å². The number of aromatic hydroxyl groups is 1. The molecule has 2 aliphatic heterocycles. The number of hydrogen-bond acceptors (Lipinski definition) is 4. The number of amides is 3. The fourth-order valence-electron chi connectivity index (χ4n) is 7.13. The highest BCUT2D eigenvalue weighted by Gasteiger charge is 2.51. The van der Waals surface area contributed by atoms with Crippen LogP contribution in [-0.2, 0) is 33.8 Å². The zero-order chi connectivity index (χ0) is 30.6. The van der Waals surface area contributed by atoms with Crippen LogP contribution >= 0.6 is 0 Å². The van der Waals surface area contributed by atoms with Gasteiger partial charge in [-0.2, -0.15) is 0 Å². The van der Waals surface area contributed by atoms with Gasteiger partial charge in [0.25, 0.3) is 0 Å². The van der Waals surface area contributed by atoms with Gasteiger partial charge in [-0.1, -0.05) is 92.8 Å². The summed E-state index contributed by atoms with van der Waals surface area (Å²) >= 11 is 0. The van der Waals surface area contributed by atoms with Crippen molar-refractivity contribution in [3.05, 3.63) is 106 Å². The van der Waals surface area contributed by atoms with Crippen molar-refractivity contribution in [2.45, 2.75) is 76.0 Å². The van der Waals surface area contributed by atoms with Gasteiger partial charge in [0.15, 0.2) is 5.69 Å². The quantitative estimate of drug-likeness (QED) is 0.340. The highest BCUT2D eigenvalue weighted by atomic mass is 16.3. The van der Waals surface area contributed by atoms with E-state index in [9.17, 15) is 19.5 Å². The summed E-state index contributed by atoms with van der Waals surface area (Å²) in [6.45, 7) is 8.12. The van der Waals surface area contributed by atoms with Crippen LogP contribution in [-0.4, -0.2) is 51.3 Å². The molecule has 1 saturated heterocycles. The maximum absolute atomic E-state index is 14.6. The summed E-state index contributed by atoms with van der Waals surface area (Å²) in [7, 11) is 0. The third-order valence-corrected chi connectivity index (χ3v) is 9.49. The molecule has 2 heterocycles. The molecule has 1 unspecified atom stereocenters. The first kappa shape index (κ1) is 29.4. The van der Waals surface area contributed by atoms with Gasteiger partial charge in [0.05, 0.1) is 6.57 Å². The van der Waals surface area contributed by atoms with Gasteiger partial charge in [-0.25, -0.2) is 4.85 Å². The molecule has 3 amide bonds. The van der Waals surface area contributed by atoms with Crippen molar-refractivity contribution in [3.8, 4) is 5.75 Å². The molecule has 2 N–H and O–H groups in total. The summed E-state index contributed by atoms with van der Waals surface area (Å²) in [5, 5.41) is 12.7. The van der Waals surface area contributed by atoms with E-state index in [-0.39, 0.29) is 23.5 Å². The largest absolute Gasteiger partial charge is 0.508 e. The molecule has 3 aromatic carbocycles. The highest BCUT2D eigenvalue weighted by Crippen LogP contribution is 2.39. The van der Waals surface area contributed by atoms with Crippen LogP contribution in [0.1, 0.15) is 66.8 Å². The minimum absolute atomic E-state index is 0.0886. The lowest BCUT2D eigenvalue weighted by Crippen LogP contribution is -2.67. The van der Waals surface area contributed by atoms with E-state index in [0.29, 0.717) is 49.5 Å². The van der Waals surface area contributed by atoms with Gasteiger partial charge < -0.3 is 20.2 Å². The molecular weight excluding hydrogens is 552 g/mol. The summed E-state index contributed by atoms with van der Waals surface area (Å²) in [6.07, 6.45) is 6.93. The molecule has 0 aromatic heterocycles. The van der Waals surface area contributed by atoms with Crippen LogP contribution in [0.5, 0.6) is 5.75 Å². The first-order valence-electron chi connectivity index (χ1n) is 15.7. The number of carbonyl (C=O) groups is 3. The molecule has 0 radical (unpaired) electrons. The van der Waals surface area contributed by atoms with E-state index in [1.54, 1.807) is 46.2 Å². The number of fused-ring (bicyclic) bond motifs is 2. The molecule has 44 heavy (non-hydrogen) atoms. The molecular formula is C36H38N4O4. The molecule has 1 saturated carbocycles. The fourth-order valence-corrected chi connectivity index (χ4v) is 7.13. The molecule has 226 valence electrons. The first-order chi connectivity index (χ1) is 21.4. The standard InChI is InChI=1S/C36H38N4O4/c1-37-29-15-13-26(14-16-29)33(34(42)38-20-19-24-11-17-30(41)18-12-24)40-32(21-25-7-3-2-4-8-25)35(43)39-23-28-10-6-5-9-27(28)22-31(39)36(40)44/h5-6,9-18,25,31-33,41H,2-4,7-8,19-23H2,(H,38,42)/t31-,32-,33?/m0/s1. The lowest BCUT2D eigenvalue weighted by Gasteiger charge is -2.50. The third kappa shape index (κ3) is 6.05. The summed E-state index contributed by atoms with van der Waals surface area (Å²) in [4.78, 5) is 50.0. The number of hydrogen-bond donors (Lipinski definition) is 2. The van der Waals surface area contributed by atoms with E-state index in [1.807, 2.05) is 36.4 Å². The van der Waals surface area contributed by atoms with Gasteiger partial charge in [-0.05, 0) is 53.1 Å². The minimum atomic E-state index is -1.01. The maximum Gasteiger partial charge on any atom is 0.247 e. The number of benzene rings is 3. The number of nitrogens with zero attached hydrogens (tertiary/aromatic N) is 3. The van der Waals surface area contributed by atoms with E-state index < -0.39 is 18.1 Å². The van der Waals surface area contributed by atoms with E-state index in [2.05, 4.69) is 10.2 Å². The van der Waals surface area contributed by atoms with Crippen molar-refractivity contribution in [2.75, 3.05) is 6.54 Å². The first-order valence-corrected chi connectivity index (χ1v) is 15.7. The topological polar surface area (TPSA) is 94.3 Å². The third-order valence-electron chi connectivity index (χ3n) is 9.49. The molecule has 0 bridgehead atoms. The second-order valence-corrected chi connectivity index (χ2v) is 12.3. The minimum Gasteiger partial charge on any atom is -0.508 e. The van der Waals surface area contributed by atoms with Crippen molar-refractivity contribution >= 4 is 23.4 Å². The molecule has 1 aliphatic carbocycles. The molecule has 6 rings (SSSR count). The Morgan fingerprint density at radius 1 is 0.932 bits per heavy atom. The summed E-state index contributed by atoms with van der Waals surface area (Å²) in [5.74, 6) is -0.150. The van der Waals surface area contributed by atoms with E-state index >= 15 is 0 Å². The number of carbonyl (C=O) groups excluding carboxylic acids is 3. The van der Waals surface area contributed by atoms with Gasteiger partial charge in [0, 0.05) is 19.5 Å². The molecule has 3 aromatic rings. The SMILES string of the molecule is [C-]#[N+]c1ccc(C(C(=O)NCCc2ccc(O)cc2)N2C(=O)[C@@H]3Cc4ccccc4CN3C(=O)[C@@H]2CC2CCCCC2)cc1. The smallest absolute Gasteiger partial charge is 0.247 e. The molecule has 0 spiro atoms. The normalized spacial score (nSPS) is 20.8. The average molecular weight is 591 g/mol. The van der Waals surface area contributed by atoms with Crippen LogP contribution in [0.25, 0.3) is 4.85 Å². The Kier molecular flexibility index (Phi) is 8.65. The molecule has 2 fully saturated rings. The monoisotopic (exact) mass is 590 g/mol. The van der Waals surface area contributed by atoms with Crippen molar-refractivity contribution in [3.63, 3.8) is 0 Å². The highest BCUT2D eigenvalue weighted by molar-refractivity contribution is 6.00. The summed E-state index contributed by atoms with van der Waals surface area (Å²) in [5.41, 5.74) is 4.09. The second kappa shape index (κ2) is 12.9.